The molecular weight excluding hydrogens is 431 g/mol. The van der Waals surface area contributed by atoms with Crippen LogP contribution in [0.3, 0.4) is 0 Å². The fourth-order valence-corrected chi connectivity index (χ4v) is 4.58. The Balaban J connectivity index is 1.68. The van der Waals surface area contributed by atoms with Crippen LogP contribution in [0.5, 0.6) is 0 Å². The van der Waals surface area contributed by atoms with Gasteiger partial charge in [-0.05, 0) is 47.4 Å². The van der Waals surface area contributed by atoms with E-state index in [1.165, 1.54) is 18.2 Å². The Labute approximate surface area is 189 Å². The van der Waals surface area contributed by atoms with Crippen molar-refractivity contribution in [3.8, 4) is 0 Å². The van der Waals surface area contributed by atoms with E-state index in [1.807, 2.05) is 24.1 Å². The van der Waals surface area contributed by atoms with Gasteiger partial charge in [-0.15, -0.1) is 0 Å². The van der Waals surface area contributed by atoms with Gasteiger partial charge in [0.15, 0.2) is 0 Å². The number of rotatable bonds is 7. The van der Waals surface area contributed by atoms with Crippen LogP contribution in [0.1, 0.15) is 45.0 Å². The maximum atomic E-state index is 13.6. The van der Waals surface area contributed by atoms with Crippen LogP contribution in [0, 0.1) is 0 Å². The van der Waals surface area contributed by atoms with Gasteiger partial charge in [0.2, 0.25) is 0 Å². The molecule has 33 heavy (non-hydrogen) atoms. The molecule has 1 aliphatic carbocycles. The number of anilines is 1. The third-order valence-corrected chi connectivity index (χ3v) is 6.27. The topological polar surface area (TPSA) is 57.6 Å². The normalized spacial score (nSPS) is 19.7. The van der Waals surface area contributed by atoms with Crippen LogP contribution >= 0.6 is 0 Å². The summed E-state index contributed by atoms with van der Waals surface area (Å²) in [6.07, 6.45) is -3.44. The van der Waals surface area contributed by atoms with Crippen molar-refractivity contribution < 1.29 is 27.9 Å². The van der Waals surface area contributed by atoms with Gasteiger partial charge < -0.3 is 14.8 Å². The summed E-state index contributed by atoms with van der Waals surface area (Å²) in [7, 11) is 1.81. The largest absolute Gasteiger partial charge is 0.478 e. The van der Waals surface area contributed by atoms with Crippen LogP contribution in [0.4, 0.5) is 18.9 Å². The molecule has 1 aliphatic rings. The molecule has 3 aromatic rings. The molecule has 0 aliphatic heterocycles. The number of halogens is 3. The van der Waals surface area contributed by atoms with Gasteiger partial charge in [0.05, 0.1) is 16.5 Å². The van der Waals surface area contributed by atoms with Crippen LogP contribution in [0.2, 0.25) is 0 Å². The van der Waals surface area contributed by atoms with E-state index in [0.29, 0.717) is 18.5 Å². The minimum absolute atomic E-state index is 0.128. The molecule has 0 amide bonds. The van der Waals surface area contributed by atoms with Crippen molar-refractivity contribution >= 4 is 17.9 Å². The summed E-state index contributed by atoms with van der Waals surface area (Å²) >= 11 is 0. The van der Waals surface area contributed by atoms with Crippen molar-refractivity contribution in [3.05, 3.63) is 101 Å². The first kappa shape index (κ1) is 22.6. The van der Waals surface area contributed by atoms with Gasteiger partial charge in [0.25, 0.3) is 0 Å². The van der Waals surface area contributed by atoms with Crippen molar-refractivity contribution in [1.82, 2.24) is 0 Å². The number of carboxylic acid groups (broad SMARTS) is 1. The molecule has 0 heterocycles. The molecule has 7 heteroatoms. The summed E-state index contributed by atoms with van der Waals surface area (Å²) in [5.41, 5.74) is 0.691. The summed E-state index contributed by atoms with van der Waals surface area (Å²) in [6.45, 7) is 0.372. The third kappa shape index (κ3) is 4.23. The molecule has 3 aromatic carbocycles. The number of alkyl halides is 3. The van der Waals surface area contributed by atoms with Crippen molar-refractivity contribution in [2.45, 2.75) is 30.5 Å². The first-order valence-electron chi connectivity index (χ1n) is 10.4. The molecule has 0 radical (unpaired) electrons. The quantitative estimate of drug-likeness (QED) is 0.469. The van der Waals surface area contributed by atoms with Gasteiger partial charge in [-0.25, -0.2) is 4.79 Å². The molecule has 0 saturated heterocycles. The Morgan fingerprint density at radius 2 is 1.79 bits per heavy atom. The molecule has 0 bridgehead atoms. The molecular formula is C26H22F3NO3. The lowest BCUT2D eigenvalue weighted by molar-refractivity contribution is -0.138. The SMILES string of the molecule is CN(Cc1cccc(C(=O)O)c1)c1ccccc1C1(C=O)CC1c1ccccc1C(F)(F)F. The number of para-hydroxylation sites is 1. The molecule has 4 nitrogen and oxygen atoms in total. The number of carboxylic acids is 1. The molecule has 0 aromatic heterocycles. The van der Waals surface area contributed by atoms with Crippen LogP contribution in [-0.2, 0) is 22.9 Å². The van der Waals surface area contributed by atoms with E-state index in [4.69, 9.17) is 0 Å². The first-order valence-corrected chi connectivity index (χ1v) is 10.4. The summed E-state index contributed by atoms with van der Waals surface area (Å²) in [4.78, 5) is 25.5. The highest BCUT2D eigenvalue weighted by Crippen LogP contribution is 2.62. The Bertz CT molecular complexity index is 1210. The molecule has 170 valence electrons. The maximum Gasteiger partial charge on any atom is 0.416 e. The lowest BCUT2D eigenvalue weighted by Crippen LogP contribution is -2.22. The highest BCUT2D eigenvalue weighted by molar-refractivity contribution is 5.87. The van der Waals surface area contributed by atoms with Gasteiger partial charge in [-0.3, -0.25) is 0 Å². The van der Waals surface area contributed by atoms with E-state index in [2.05, 4.69) is 0 Å². The smallest absolute Gasteiger partial charge is 0.416 e. The minimum atomic E-state index is -4.50. The van der Waals surface area contributed by atoms with Gasteiger partial charge in [0.1, 0.15) is 6.29 Å². The predicted octanol–water partition coefficient (Wildman–Crippen LogP) is 5.66. The highest BCUT2D eigenvalue weighted by atomic mass is 19.4. The molecule has 4 rings (SSSR count). The molecule has 1 fully saturated rings. The molecule has 2 unspecified atom stereocenters. The molecule has 0 spiro atoms. The zero-order chi connectivity index (χ0) is 23.8. The van der Waals surface area contributed by atoms with Crippen molar-refractivity contribution in [2.24, 2.45) is 0 Å². The number of benzene rings is 3. The first-order chi connectivity index (χ1) is 15.7. The number of carbonyl (C=O) groups is 2. The number of hydrogen-bond acceptors (Lipinski definition) is 3. The number of aldehydes is 1. The van der Waals surface area contributed by atoms with E-state index in [0.717, 1.165) is 23.6 Å². The second-order valence-electron chi connectivity index (χ2n) is 8.38. The Hall–Kier alpha value is -3.61. The monoisotopic (exact) mass is 453 g/mol. The lowest BCUT2D eigenvalue weighted by Gasteiger charge is -2.26. The standard InChI is InChI=1S/C26H22F3NO3/c1-30(15-17-7-6-8-18(13-17)24(32)33)23-12-5-4-11-21(23)25(16-31)14-22(25)19-9-2-3-10-20(19)26(27,28)29/h2-13,16,22H,14-15H2,1H3,(H,32,33). The Kier molecular flexibility index (Phi) is 5.74. The maximum absolute atomic E-state index is 13.6. The zero-order valence-electron chi connectivity index (χ0n) is 17.8. The van der Waals surface area contributed by atoms with Crippen molar-refractivity contribution in [1.29, 1.82) is 0 Å². The van der Waals surface area contributed by atoms with Gasteiger partial charge in [0, 0.05) is 25.2 Å². The third-order valence-electron chi connectivity index (χ3n) is 6.27. The van der Waals surface area contributed by atoms with Gasteiger partial charge >= 0.3 is 12.1 Å². The number of nitrogens with zero attached hydrogens (tertiary/aromatic N) is 1. The summed E-state index contributed by atoms with van der Waals surface area (Å²) < 4.78 is 40.8. The van der Waals surface area contributed by atoms with Gasteiger partial charge in [-0.1, -0.05) is 48.5 Å². The molecule has 1 N–H and O–H groups in total. The second-order valence-corrected chi connectivity index (χ2v) is 8.38. The van der Waals surface area contributed by atoms with E-state index in [9.17, 15) is 27.9 Å². The van der Waals surface area contributed by atoms with Crippen molar-refractivity contribution in [3.63, 3.8) is 0 Å². The number of carbonyl (C=O) groups excluding carboxylic acids is 1. The Morgan fingerprint density at radius 1 is 1.09 bits per heavy atom. The van der Waals surface area contributed by atoms with E-state index < -0.39 is 29.0 Å². The lowest BCUT2D eigenvalue weighted by atomic mass is 9.88. The van der Waals surface area contributed by atoms with Crippen molar-refractivity contribution in [2.75, 3.05) is 11.9 Å². The van der Waals surface area contributed by atoms with Gasteiger partial charge in [-0.2, -0.15) is 13.2 Å². The van der Waals surface area contributed by atoms with E-state index >= 15 is 0 Å². The summed E-state index contributed by atoms with van der Waals surface area (Å²) in [6, 6.07) is 19.2. The fourth-order valence-electron chi connectivity index (χ4n) is 4.58. The molecule has 2 atom stereocenters. The summed E-state index contributed by atoms with van der Waals surface area (Å²) in [5, 5.41) is 9.24. The average molecular weight is 453 g/mol. The number of hydrogen-bond donors (Lipinski definition) is 1. The highest BCUT2D eigenvalue weighted by Gasteiger charge is 2.59. The fraction of sp³-hybridized carbons (Fsp3) is 0.231. The molecule has 1 saturated carbocycles. The summed E-state index contributed by atoms with van der Waals surface area (Å²) in [5.74, 6) is -1.60. The number of aromatic carboxylic acids is 1. The van der Waals surface area contributed by atoms with Crippen LogP contribution in [-0.4, -0.2) is 24.4 Å². The minimum Gasteiger partial charge on any atom is -0.478 e. The average Bonchev–Trinajstić information content (AvgIpc) is 3.54. The predicted molar refractivity (Wildman–Crippen MR) is 118 cm³/mol. The zero-order valence-corrected chi connectivity index (χ0v) is 17.8. The second kappa shape index (κ2) is 8.39. The van der Waals surface area contributed by atoms with E-state index in [1.54, 1.807) is 36.4 Å². The van der Waals surface area contributed by atoms with Crippen LogP contribution < -0.4 is 4.90 Å². The van der Waals surface area contributed by atoms with Crippen LogP contribution in [0.25, 0.3) is 0 Å². The van der Waals surface area contributed by atoms with Crippen LogP contribution in [0.15, 0.2) is 72.8 Å². The Morgan fingerprint density at radius 3 is 2.48 bits per heavy atom. The van der Waals surface area contributed by atoms with E-state index in [-0.39, 0.29) is 11.1 Å².